The van der Waals surface area contributed by atoms with E-state index in [1.165, 1.54) is 0 Å². The summed E-state index contributed by atoms with van der Waals surface area (Å²) in [5.41, 5.74) is 0.838. The number of aromatic nitrogens is 1. The molecule has 0 unspecified atom stereocenters. The maximum atomic E-state index is 5.88. The average molecular weight is 343 g/mol. The van der Waals surface area contributed by atoms with Gasteiger partial charge < -0.3 is 9.47 Å². The predicted molar refractivity (Wildman–Crippen MR) is 79.2 cm³/mol. The van der Waals surface area contributed by atoms with Gasteiger partial charge in [0.2, 0.25) is 5.88 Å². The number of rotatable bonds is 5. The molecule has 0 fully saturated rings. The van der Waals surface area contributed by atoms with Gasteiger partial charge in [-0.15, -0.1) is 11.6 Å². The third-order valence-electron chi connectivity index (χ3n) is 2.39. The smallest absolute Gasteiger partial charge is 0.223 e. The Bertz CT molecular complexity index is 546. The first-order chi connectivity index (χ1) is 9.22. The van der Waals surface area contributed by atoms with Gasteiger partial charge in [0, 0.05) is 16.2 Å². The van der Waals surface area contributed by atoms with E-state index in [2.05, 4.69) is 20.9 Å². The summed E-state index contributed by atoms with van der Waals surface area (Å²) < 4.78 is 12.0. The van der Waals surface area contributed by atoms with E-state index in [0.29, 0.717) is 24.1 Å². The van der Waals surface area contributed by atoms with Crippen LogP contribution in [0.1, 0.15) is 12.5 Å². The number of halogens is 2. The Morgan fingerprint density at radius 3 is 2.53 bits per heavy atom. The fourth-order valence-corrected chi connectivity index (χ4v) is 2.11. The lowest BCUT2D eigenvalue weighted by molar-refractivity contribution is 0.339. The van der Waals surface area contributed by atoms with Crippen molar-refractivity contribution in [3.8, 4) is 17.4 Å². The van der Waals surface area contributed by atoms with Crippen LogP contribution in [0.5, 0.6) is 17.4 Å². The van der Waals surface area contributed by atoms with Crippen LogP contribution in [0.3, 0.4) is 0 Å². The van der Waals surface area contributed by atoms with Crippen LogP contribution >= 0.6 is 27.5 Å². The number of benzene rings is 1. The maximum Gasteiger partial charge on any atom is 0.223 e. The van der Waals surface area contributed by atoms with Crippen molar-refractivity contribution in [2.45, 2.75) is 12.8 Å². The molecule has 1 heterocycles. The first kappa shape index (κ1) is 14.2. The normalized spacial score (nSPS) is 10.3. The highest BCUT2D eigenvalue weighted by Gasteiger charge is 2.07. The summed E-state index contributed by atoms with van der Waals surface area (Å²) in [6.07, 6.45) is 1.68. The van der Waals surface area contributed by atoms with Crippen LogP contribution < -0.4 is 9.47 Å². The molecule has 0 bridgehead atoms. The van der Waals surface area contributed by atoms with Crippen molar-refractivity contribution in [2.24, 2.45) is 0 Å². The molecule has 3 nitrogen and oxygen atoms in total. The molecule has 2 aromatic rings. The van der Waals surface area contributed by atoms with E-state index in [9.17, 15) is 0 Å². The van der Waals surface area contributed by atoms with E-state index in [-0.39, 0.29) is 0 Å². The molecule has 0 N–H and O–H groups in total. The standard InChI is InChI=1S/C14H13BrClNO2/c1-2-18-12-3-5-13(6-4-12)19-14-10(8-16)7-11(15)9-17-14/h3-7,9H,2,8H2,1H3. The molecule has 0 saturated heterocycles. The number of nitrogens with zero attached hydrogens (tertiary/aromatic N) is 1. The molecule has 0 atom stereocenters. The molecule has 5 heteroatoms. The minimum Gasteiger partial charge on any atom is -0.494 e. The largest absolute Gasteiger partial charge is 0.494 e. The first-order valence-corrected chi connectivity index (χ1v) is 7.16. The second kappa shape index (κ2) is 6.78. The van der Waals surface area contributed by atoms with Gasteiger partial charge in [-0.25, -0.2) is 4.98 Å². The monoisotopic (exact) mass is 341 g/mol. The van der Waals surface area contributed by atoms with E-state index in [1.54, 1.807) is 6.20 Å². The molecule has 2 rings (SSSR count). The van der Waals surface area contributed by atoms with Crippen LogP contribution in [0.15, 0.2) is 41.0 Å². The van der Waals surface area contributed by atoms with Crippen LogP contribution in [-0.4, -0.2) is 11.6 Å². The van der Waals surface area contributed by atoms with E-state index in [1.807, 2.05) is 37.3 Å². The van der Waals surface area contributed by atoms with Gasteiger partial charge >= 0.3 is 0 Å². The Morgan fingerprint density at radius 1 is 1.21 bits per heavy atom. The Hall–Kier alpha value is -1.26. The number of ether oxygens (including phenoxy) is 2. The molecule has 1 aromatic heterocycles. The third kappa shape index (κ3) is 3.85. The highest BCUT2D eigenvalue weighted by atomic mass is 79.9. The molecule has 0 aliphatic heterocycles. The van der Waals surface area contributed by atoms with E-state index >= 15 is 0 Å². The Morgan fingerprint density at radius 2 is 1.89 bits per heavy atom. The average Bonchev–Trinajstić information content (AvgIpc) is 2.43. The van der Waals surface area contributed by atoms with Crippen LogP contribution in [0.25, 0.3) is 0 Å². The summed E-state index contributed by atoms with van der Waals surface area (Å²) in [6.45, 7) is 2.59. The zero-order valence-corrected chi connectivity index (χ0v) is 12.7. The number of pyridine rings is 1. The quantitative estimate of drug-likeness (QED) is 0.733. The highest BCUT2D eigenvalue weighted by molar-refractivity contribution is 9.10. The summed E-state index contributed by atoms with van der Waals surface area (Å²) in [7, 11) is 0. The molecular formula is C14H13BrClNO2. The van der Waals surface area contributed by atoms with Crippen molar-refractivity contribution < 1.29 is 9.47 Å². The zero-order chi connectivity index (χ0) is 13.7. The van der Waals surface area contributed by atoms with Crippen LogP contribution in [0.2, 0.25) is 0 Å². The van der Waals surface area contributed by atoms with E-state index in [0.717, 1.165) is 15.8 Å². The predicted octanol–water partition coefficient (Wildman–Crippen LogP) is 4.77. The van der Waals surface area contributed by atoms with Crippen molar-refractivity contribution in [1.82, 2.24) is 4.98 Å². The van der Waals surface area contributed by atoms with Gasteiger partial charge in [0.1, 0.15) is 11.5 Å². The fourth-order valence-electron chi connectivity index (χ4n) is 1.54. The van der Waals surface area contributed by atoms with Crippen LogP contribution in [0, 0.1) is 0 Å². The zero-order valence-electron chi connectivity index (χ0n) is 10.4. The summed E-state index contributed by atoms with van der Waals surface area (Å²) >= 11 is 9.23. The van der Waals surface area contributed by atoms with E-state index < -0.39 is 0 Å². The summed E-state index contributed by atoms with van der Waals surface area (Å²) in [6, 6.07) is 9.29. The minimum atomic E-state index is 0.346. The summed E-state index contributed by atoms with van der Waals surface area (Å²) in [5.74, 6) is 2.38. The second-order valence-electron chi connectivity index (χ2n) is 3.76. The lowest BCUT2D eigenvalue weighted by Crippen LogP contribution is -1.94. The van der Waals surface area contributed by atoms with Gasteiger partial charge in [-0.05, 0) is 53.2 Å². The number of hydrogen-bond acceptors (Lipinski definition) is 3. The van der Waals surface area contributed by atoms with Gasteiger partial charge in [-0.1, -0.05) is 0 Å². The number of hydrogen-bond donors (Lipinski definition) is 0. The van der Waals surface area contributed by atoms with Crippen molar-refractivity contribution in [3.05, 3.63) is 46.6 Å². The highest BCUT2D eigenvalue weighted by Crippen LogP contribution is 2.27. The summed E-state index contributed by atoms with van der Waals surface area (Å²) in [5, 5.41) is 0. The van der Waals surface area contributed by atoms with E-state index in [4.69, 9.17) is 21.1 Å². The molecule has 1 aromatic carbocycles. The third-order valence-corrected chi connectivity index (χ3v) is 3.11. The Labute approximate surface area is 125 Å². The fraction of sp³-hybridized carbons (Fsp3) is 0.214. The van der Waals surface area contributed by atoms with Crippen LogP contribution in [0.4, 0.5) is 0 Å². The molecule has 0 amide bonds. The molecule has 0 radical (unpaired) electrons. The van der Waals surface area contributed by atoms with Crippen molar-refractivity contribution in [3.63, 3.8) is 0 Å². The topological polar surface area (TPSA) is 31.4 Å². The summed E-state index contributed by atoms with van der Waals surface area (Å²) in [4.78, 5) is 4.22. The van der Waals surface area contributed by atoms with Gasteiger partial charge in [-0.3, -0.25) is 0 Å². The molecule has 100 valence electrons. The lowest BCUT2D eigenvalue weighted by Gasteiger charge is -2.09. The molecule has 0 spiro atoms. The lowest BCUT2D eigenvalue weighted by atomic mass is 10.3. The Kier molecular flexibility index (Phi) is 5.05. The van der Waals surface area contributed by atoms with Gasteiger partial charge in [0.15, 0.2) is 0 Å². The van der Waals surface area contributed by atoms with Gasteiger partial charge in [0.05, 0.1) is 12.5 Å². The van der Waals surface area contributed by atoms with Crippen molar-refractivity contribution in [1.29, 1.82) is 0 Å². The number of alkyl halides is 1. The first-order valence-electron chi connectivity index (χ1n) is 5.84. The van der Waals surface area contributed by atoms with Crippen molar-refractivity contribution in [2.75, 3.05) is 6.61 Å². The van der Waals surface area contributed by atoms with Crippen LogP contribution in [-0.2, 0) is 5.88 Å². The molecule has 0 aliphatic carbocycles. The molecular weight excluding hydrogens is 330 g/mol. The molecule has 0 saturated carbocycles. The minimum absolute atomic E-state index is 0.346. The van der Waals surface area contributed by atoms with Gasteiger partial charge in [0.25, 0.3) is 0 Å². The molecule has 19 heavy (non-hydrogen) atoms. The SMILES string of the molecule is CCOc1ccc(Oc2ncc(Br)cc2CCl)cc1. The van der Waals surface area contributed by atoms with Crippen molar-refractivity contribution >= 4 is 27.5 Å². The Balaban J connectivity index is 2.16. The van der Waals surface area contributed by atoms with Gasteiger partial charge in [-0.2, -0.15) is 0 Å². The maximum absolute atomic E-state index is 5.88. The molecule has 0 aliphatic rings. The second-order valence-corrected chi connectivity index (χ2v) is 4.94.